The number of hydrogen-bond donors (Lipinski definition) is 0. The highest BCUT2D eigenvalue weighted by molar-refractivity contribution is 5.18. The SMILES string of the molecule is CO[C]1CC=CC(OC)C1(CC(C)C)CC(C)C. The van der Waals surface area contributed by atoms with Gasteiger partial charge in [-0.05, 0) is 31.1 Å². The number of rotatable bonds is 6. The monoisotopic (exact) mass is 253 g/mol. The van der Waals surface area contributed by atoms with Crippen molar-refractivity contribution in [3.05, 3.63) is 18.3 Å². The lowest BCUT2D eigenvalue weighted by Gasteiger charge is -2.47. The Bertz CT molecular complexity index is 258. The van der Waals surface area contributed by atoms with E-state index in [0.717, 1.165) is 19.3 Å². The Morgan fingerprint density at radius 3 is 2.11 bits per heavy atom. The molecule has 2 heteroatoms. The first-order valence-electron chi connectivity index (χ1n) is 7.06. The van der Waals surface area contributed by atoms with Crippen LogP contribution in [0.5, 0.6) is 0 Å². The topological polar surface area (TPSA) is 18.5 Å². The standard InChI is InChI=1S/C16H29O2/c1-12(2)10-16(11-13(3)4)14(17-5)8-7-9-15(16)18-6/h7-8,12-14H,9-11H2,1-6H3. The minimum absolute atomic E-state index is 0.0422. The maximum Gasteiger partial charge on any atom is 0.109 e. The molecule has 0 N–H and O–H groups in total. The molecular formula is C16H29O2. The highest BCUT2D eigenvalue weighted by Gasteiger charge is 2.47. The average molecular weight is 253 g/mol. The van der Waals surface area contributed by atoms with Crippen molar-refractivity contribution in [1.29, 1.82) is 0 Å². The second kappa shape index (κ2) is 6.72. The molecule has 1 atom stereocenters. The smallest absolute Gasteiger partial charge is 0.109 e. The van der Waals surface area contributed by atoms with Crippen molar-refractivity contribution < 1.29 is 9.47 Å². The van der Waals surface area contributed by atoms with Crippen molar-refractivity contribution in [2.75, 3.05) is 14.2 Å². The molecule has 2 nitrogen and oxygen atoms in total. The molecule has 0 aromatic rings. The van der Waals surface area contributed by atoms with Gasteiger partial charge in [-0.3, -0.25) is 0 Å². The Balaban J connectivity index is 3.09. The largest absolute Gasteiger partial charge is 0.377 e. The molecule has 0 bridgehead atoms. The van der Waals surface area contributed by atoms with Crippen LogP contribution in [0.1, 0.15) is 47.0 Å². The summed E-state index contributed by atoms with van der Waals surface area (Å²) < 4.78 is 11.5. The summed E-state index contributed by atoms with van der Waals surface area (Å²) in [7, 11) is 3.61. The van der Waals surface area contributed by atoms with Crippen LogP contribution in [0.3, 0.4) is 0 Å². The molecule has 18 heavy (non-hydrogen) atoms. The summed E-state index contributed by atoms with van der Waals surface area (Å²) in [5.41, 5.74) is 0.0422. The molecule has 1 aliphatic rings. The van der Waals surface area contributed by atoms with Crippen molar-refractivity contribution in [2.45, 2.75) is 53.1 Å². The summed E-state index contributed by atoms with van der Waals surface area (Å²) >= 11 is 0. The molecule has 1 aliphatic carbocycles. The summed E-state index contributed by atoms with van der Waals surface area (Å²) in [6.07, 6.45) is 8.90. The molecule has 1 unspecified atom stereocenters. The van der Waals surface area contributed by atoms with Crippen LogP contribution in [0.15, 0.2) is 12.2 Å². The molecule has 0 saturated heterocycles. The molecule has 0 aliphatic heterocycles. The number of ether oxygens (including phenoxy) is 2. The lowest BCUT2D eigenvalue weighted by atomic mass is 9.64. The van der Waals surface area contributed by atoms with Gasteiger partial charge < -0.3 is 9.47 Å². The van der Waals surface area contributed by atoms with Gasteiger partial charge in [0, 0.05) is 19.6 Å². The fourth-order valence-electron chi connectivity index (χ4n) is 3.44. The molecule has 0 fully saturated rings. The van der Waals surface area contributed by atoms with Crippen molar-refractivity contribution in [2.24, 2.45) is 17.3 Å². The van der Waals surface area contributed by atoms with E-state index in [-0.39, 0.29) is 11.5 Å². The van der Waals surface area contributed by atoms with Gasteiger partial charge in [-0.15, -0.1) is 0 Å². The van der Waals surface area contributed by atoms with Crippen molar-refractivity contribution >= 4 is 0 Å². The zero-order valence-electron chi connectivity index (χ0n) is 12.8. The van der Waals surface area contributed by atoms with Crippen LogP contribution in [0.2, 0.25) is 0 Å². The van der Waals surface area contributed by atoms with Crippen molar-refractivity contribution in [3.63, 3.8) is 0 Å². The molecular weight excluding hydrogens is 224 g/mol. The Hall–Kier alpha value is -0.340. The van der Waals surface area contributed by atoms with Crippen LogP contribution in [0.25, 0.3) is 0 Å². The van der Waals surface area contributed by atoms with E-state index in [2.05, 4.69) is 39.8 Å². The molecule has 105 valence electrons. The lowest BCUT2D eigenvalue weighted by molar-refractivity contribution is -0.0553. The van der Waals surface area contributed by atoms with Gasteiger partial charge in [-0.2, -0.15) is 0 Å². The van der Waals surface area contributed by atoms with E-state index in [0.29, 0.717) is 11.8 Å². The van der Waals surface area contributed by atoms with Gasteiger partial charge >= 0.3 is 0 Å². The van der Waals surface area contributed by atoms with Crippen LogP contribution >= 0.6 is 0 Å². The van der Waals surface area contributed by atoms with E-state index >= 15 is 0 Å². The van der Waals surface area contributed by atoms with Crippen molar-refractivity contribution in [3.8, 4) is 0 Å². The molecule has 1 rings (SSSR count). The van der Waals surface area contributed by atoms with Gasteiger partial charge in [0.25, 0.3) is 0 Å². The summed E-state index contributed by atoms with van der Waals surface area (Å²) in [6, 6.07) is 0. The first-order valence-corrected chi connectivity index (χ1v) is 7.06. The predicted octanol–water partition coefficient (Wildman–Crippen LogP) is 4.22. The average Bonchev–Trinajstić information content (AvgIpc) is 2.27. The molecule has 0 amide bonds. The number of hydrogen-bond acceptors (Lipinski definition) is 2. The summed E-state index contributed by atoms with van der Waals surface area (Å²) in [4.78, 5) is 0. The van der Waals surface area contributed by atoms with E-state index < -0.39 is 0 Å². The summed E-state index contributed by atoms with van der Waals surface area (Å²) in [5, 5.41) is 0. The molecule has 0 heterocycles. The number of methoxy groups -OCH3 is 2. The van der Waals surface area contributed by atoms with Gasteiger partial charge in [-0.25, -0.2) is 0 Å². The van der Waals surface area contributed by atoms with Crippen LogP contribution in [-0.4, -0.2) is 20.3 Å². The Labute approximate surface area is 113 Å². The second-order valence-electron chi connectivity index (χ2n) is 6.27. The summed E-state index contributed by atoms with van der Waals surface area (Å²) in [5.74, 6) is 1.27. The van der Waals surface area contributed by atoms with E-state index in [1.165, 1.54) is 6.10 Å². The lowest BCUT2D eigenvalue weighted by Crippen LogP contribution is -2.45. The summed E-state index contributed by atoms with van der Waals surface area (Å²) in [6.45, 7) is 9.11. The van der Waals surface area contributed by atoms with E-state index in [4.69, 9.17) is 9.47 Å². The first-order chi connectivity index (χ1) is 8.46. The van der Waals surface area contributed by atoms with Crippen LogP contribution in [0.4, 0.5) is 0 Å². The fraction of sp³-hybridized carbons (Fsp3) is 0.812. The maximum atomic E-state index is 5.75. The van der Waals surface area contributed by atoms with E-state index in [1.807, 2.05) is 7.11 Å². The van der Waals surface area contributed by atoms with Crippen LogP contribution < -0.4 is 0 Å². The normalized spacial score (nSPS) is 24.1. The van der Waals surface area contributed by atoms with E-state index in [1.54, 1.807) is 7.11 Å². The van der Waals surface area contributed by atoms with Gasteiger partial charge in [0.2, 0.25) is 0 Å². The first kappa shape index (κ1) is 15.7. The third-order valence-corrected chi connectivity index (χ3v) is 3.76. The zero-order chi connectivity index (χ0) is 13.8. The Kier molecular flexibility index (Phi) is 5.87. The quantitative estimate of drug-likeness (QED) is 0.660. The van der Waals surface area contributed by atoms with Gasteiger partial charge in [-0.1, -0.05) is 39.8 Å². The third-order valence-electron chi connectivity index (χ3n) is 3.76. The zero-order valence-corrected chi connectivity index (χ0v) is 12.8. The minimum Gasteiger partial charge on any atom is -0.377 e. The van der Waals surface area contributed by atoms with Gasteiger partial charge in [0.1, 0.15) is 6.10 Å². The molecule has 0 aromatic heterocycles. The fourth-order valence-corrected chi connectivity index (χ4v) is 3.44. The Morgan fingerprint density at radius 1 is 1.17 bits per heavy atom. The van der Waals surface area contributed by atoms with E-state index in [9.17, 15) is 0 Å². The van der Waals surface area contributed by atoms with Crippen molar-refractivity contribution in [1.82, 2.24) is 0 Å². The Morgan fingerprint density at radius 2 is 1.72 bits per heavy atom. The molecule has 0 aromatic carbocycles. The predicted molar refractivity (Wildman–Crippen MR) is 76.1 cm³/mol. The molecule has 1 radical (unpaired) electrons. The van der Waals surface area contributed by atoms with Gasteiger partial charge in [0.05, 0.1) is 6.10 Å². The van der Waals surface area contributed by atoms with Crippen LogP contribution in [-0.2, 0) is 9.47 Å². The highest BCUT2D eigenvalue weighted by Crippen LogP contribution is 2.50. The van der Waals surface area contributed by atoms with Gasteiger partial charge in [0.15, 0.2) is 0 Å². The molecule has 0 saturated carbocycles. The second-order valence-corrected chi connectivity index (χ2v) is 6.27. The third kappa shape index (κ3) is 3.36. The maximum absolute atomic E-state index is 5.75. The minimum atomic E-state index is 0.0422. The van der Waals surface area contributed by atoms with Crippen LogP contribution in [0, 0.1) is 23.4 Å². The highest BCUT2D eigenvalue weighted by atomic mass is 16.5. The molecule has 0 spiro atoms.